The molecule has 3 unspecified atom stereocenters. The van der Waals surface area contributed by atoms with Crippen LogP contribution in [-0.4, -0.2) is 73.4 Å². The number of aliphatic hydroxyl groups is 1. The molecule has 0 aliphatic carbocycles. The molecule has 8 nitrogen and oxygen atoms in total. The van der Waals surface area contributed by atoms with Crippen molar-refractivity contribution < 1.29 is 32.9 Å². The van der Waals surface area contributed by atoms with Crippen LogP contribution in [0.1, 0.15) is 309 Å². The number of likely N-dealkylation sites (N-methyl/N-ethyl adjacent to an activating group) is 1. The van der Waals surface area contributed by atoms with Gasteiger partial charge in [-0.25, -0.2) is 4.57 Å². The van der Waals surface area contributed by atoms with Gasteiger partial charge in [0.25, 0.3) is 0 Å². The fourth-order valence-corrected chi connectivity index (χ4v) is 10.2. The van der Waals surface area contributed by atoms with E-state index in [9.17, 15) is 19.4 Å². The molecule has 0 saturated heterocycles. The van der Waals surface area contributed by atoms with Gasteiger partial charge in [0.2, 0.25) is 5.91 Å². The summed E-state index contributed by atoms with van der Waals surface area (Å²) in [5.41, 5.74) is 0. The second-order valence-corrected chi connectivity index (χ2v) is 24.6. The molecule has 1 amide bonds. The number of phosphoric acid groups is 1. The van der Waals surface area contributed by atoms with Crippen molar-refractivity contribution in [3.8, 4) is 0 Å². The molecule has 0 fully saturated rings. The summed E-state index contributed by atoms with van der Waals surface area (Å²) >= 11 is 0. The molecule has 0 aromatic carbocycles. The minimum Gasteiger partial charge on any atom is -0.387 e. The SMILES string of the molecule is CCCCC/C=C/CC/C=C/CC/C=C/C(O)C(COP(=O)(O)OCC[N+](C)(C)C)NC(=O)CCCCCCCCCCCCCCCCCCC/C=C\CCCCCCCCCCCCCCCCCCCC. The van der Waals surface area contributed by atoms with E-state index in [0.29, 0.717) is 17.4 Å². The average molecular weight is 1060 g/mol. The smallest absolute Gasteiger partial charge is 0.387 e. The van der Waals surface area contributed by atoms with Crippen LogP contribution in [0.5, 0.6) is 0 Å². The third-order valence-corrected chi connectivity index (χ3v) is 15.5. The van der Waals surface area contributed by atoms with Crippen molar-refractivity contribution in [2.24, 2.45) is 0 Å². The number of unbranched alkanes of at least 4 members (excludes halogenated alkanes) is 40. The van der Waals surface area contributed by atoms with E-state index >= 15 is 0 Å². The van der Waals surface area contributed by atoms with E-state index < -0.39 is 20.0 Å². The highest BCUT2D eigenvalue weighted by Gasteiger charge is 2.27. The number of rotatable bonds is 59. The maximum atomic E-state index is 13.0. The number of nitrogens with one attached hydrogen (secondary N) is 1. The van der Waals surface area contributed by atoms with Gasteiger partial charge in [0, 0.05) is 6.42 Å². The van der Waals surface area contributed by atoms with Crippen molar-refractivity contribution >= 4 is 13.7 Å². The van der Waals surface area contributed by atoms with E-state index in [4.69, 9.17) is 9.05 Å². The summed E-state index contributed by atoms with van der Waals surface area (Å²) in [7, 11) is 1.55. The van der Waals surface area contributed by atoms with E-state index in [2.05, 4.69) is 55.6 Å². The quantitative estimate of drug-likeness (QED) is 0.0243. The Balaban J connectivity index is 3.89. The Bertz CT molecular complexity index is 1340. The zero-order valence-corrected chi connectivity index (χ0v) is 50.7. The normalized spacial score (nSPS) is 14.1. The largest absolute Gasteiger partial charge is 0.472 e. The topological polar surface area (TPSA) is 105 Å². The molecule has 0 aromatic rings. The minimum atomic E-state index is -4.36. The van der Waals surface area contributed by atoms with Crippen LogP contribution >= 0.6 is 7.82 Å². The number of hydrogen-bond acceptors (Lipinski definition) is 5. The van der Waals surface area contributed by atoms with Crippen molar-refractivity contribution in [2.45, 2.75) is 321 Å². The number of carbonyl (C=O) groups is 1. The van der Waals surface area contributed by atoms with Crippen LogP contribution < -0.4 is 5.32 Å². The minimum absolute atomic E-state index is 0.0536. The first kappa shape index (κ1) is 72.5. The molecule has 0 heterocycles. The summed E-state index contributed by atoms with van der Waals surface area (Å²) in [6.45, 7) is 4.78. The number of allylic oxidation sites excluding steroid dienone is 7. The zero-order valence-electron chi connectivity index (χ0n) is 49.8. The Kier molecular flexibility index (Phi) is 55.0. The lowest BCUT2D eigenvalue weighted by Gasteiger charge is -2.25. The van der Waals surface area contributed by atoms with Gasteiger partial charge < -0.3 is 19.8 Å². The summed E-state index contributed by atoms with van der Waals surface area (Å²) in [6.07, 6.45) is 75.6. The molecule has 3 atom stereocenters. The Morgan fingerprint density at radius 1 is 0.446 bits per heavy atom. The highest BCUT2D eigenvalue weighted by molar-refractivity contribution is 7.47. The molecule has 0 aliphatic rings. The molecule has 74 heavy (non-hydrogen) atoms. The summed E-state index contributed by atoms with van der Waals surface area (Å²) in [4.78, 5) is 23.3. The third kappa shape index (κ3) is 58.1. The van der Waals surface area contributed by atoms with Gasteiger partial charge in [0.15, 0.2) is 0 Å². The van der Waals surface area contributed by atoms with Gasteiger partial charge in [-0.15, -0.1) is 0 Å². The number of aliphatic hydroxyl groups excluding tert-OH is 1. The molecule has 0 bridgehead atoms. The first-order valence-electron chi connectivity index (χ1n) is 32.0. The lowest BCUT2D eigenvalue weighted by molar-refractivity contribution is -0.870. The van der Waals surface area contributed by atoms with E-state index in [1.54, 1.807) is 6.08 Å². The lowest BCUT2D eigenvalue weighted by atomic mass is 10.0. The van der Waals surface area contributed by atoms with Crippen molar-refractivity contribution in [3.63, 3.8) is 0 Å². The second kappa shape index (κ2) is 56.2. The molecule has 0 rings (SSSR count). The van der Waals surface area contributed by atoms with Crippen LogP contribution in [-0.2, 0) is 18.4 Å². The Morgan fingerprint density at radius 2 is 0.743 bits per heavy atom. The Morgan fingerprint density at radius 3 is 1.11 bits per heavy atom. The van der Waals surface area contributed by atoms with Gasteiger partial charge in [-0.05, 0) is 70.6 Å². The lowest BCUT2D eigenvalue weighted by Crippen LogP contribution is -2.45. The fraction of sp³-hybridized carbons (Fsp3) is 0.862. The standard InChI is InChI=1S/C65H125N2O6P/c1-6-8-10-12-14-16-18-20-21-22-23-24-25-26-27-28-29-30-31-32-33-34-35-36-37-38-39-40-41-42-43-44-45-47-49-51-53-55-57-59-65(69)66-63(62-73-74(70,71)72-61-60-67(3,4)5)64(68)58-56-54-52-50-48-46-19-17-15-13-11-9-7-2/h15,17,32-33,48,50,56,58,63-64,68H,6-14,16,18-31,34-47,49,51-55,57,59-62H2,1-5H3,(H-,66,69,70,71)/p+1/b17-15+,33-32-,50-48+,58-56+. The third-order valence-electron chi connectivity index (χ3n) is 14.5. The fourth-order valence-electron chi connectivity index (χ4n) is 9.48. The van der Waals surface area contributed by atoms with E-state index in [-0.39, 0.29) is 19.1 Å². The maximum Gasteiger partial charge on any atom is 0.472 e. The van der Waals surface area contributed by atoms with Crippen LogP contribution in [0.25, 0.3) is 0 Å². The molecule has 0 aromatic heterocycles. The summed E-state index contributed by atoms with van der Waals surface area (Å²) in [5.74, 6) is -0.189. The monoisotopic (exact) mass is 1060 g/mol. The Labute approximate surface area is 460 Å². The molecule has 9 heteroatoms. The summed E-state index contributed by atoms with van der Waals surface area (Å²) in [6, 6.07) is -0.869. The number of hydrogen-bond donors (Lipinski definition) is 3. The maximum absolute atomic E-state index is 13.0. The number of nitrogens with zero attached hydrogens (tertiary/aromatic N) is 1. The van der Waals surface area contributed by atoms with Gasteiger partial charge in [-0.3, -0.25) is 13.8 Å². The van der Waals surface area contributed by atoms with Crippen molar-refractivity contribution in [1.82, 2.24) is 5.32 Å². The molecule has 436 valence electrons. The predicted octanol–water partition coefficient (Wildman–Crippen LogP) is 19.9. The zero-order chi connectivity index (χ0) is 54.2. The summed E-state index contributed by atoms with van der Waals surface area (Å²) < 4.78 is 23.6. The Hall–Kier alpha value is -1.54. The van der Waals surface area contributed by atoms with Crippen LogP contribution in [0.2, 0.25) is 0 Å². The first-order chi connectivity index (χ1) is 36.0. The van der Waals surface area contributed by atoms with Crippen LogP contribution in [0.4, 0.5) is 0 Å². The molecule has 0 spiro atoms. The number of carbonyl (C=O) groups excluding carboxylic acids is 1. The van der Waals surface area contributed by atoms with E-state index in [1.165, 1.54) is 238 Å². The van der Waals surface area contributed by atoms with Crippen LogP contribution in [0.15, 0.2) is 48.6 Å². The second-order valence-electron chi connectivity index (χ2n) is 23.1. The van der Waals surface area contributed by atoms with Gasteiger partial charge in [-0.1, -0.05) is 281 Å². The van der Waals surface area contributed by atoms with Crippen molar-refractivity contribution in [2.75, 3.05) is 40.9 Å². The molecule has 0 saturated carbocycles. The van der Waals surface area contributed by atoms with Crippen molar-refractivity contribution in [1.29, 1.82) is 0 Å². The molecule has 0 radical (unpaired) electrons. The number of amides is 1. The van der Waals surface area contributed by atoms with Crippen LogP contribution in [0, 0.1) is 0 Å². The van der Waals surface area contributed by atoms with Gasteiger partial charge in [0.1, 0.15) is 13.2 Å². The highest BCUT2D eigenvalue weighted by Crippen LogP contribution is 2.43. The predicted molar refractivity (Wildman–Crippen MR) is 323 cm³/mol. The van der Waals surface area contributed by atoms with E-state index in [0.717, 1.165) is 51.4 Å². The van der Waals surface area contributed by atoms with Crippen LogP contribution in [0.3, 0.4) is 0 Å². The average Bonchev–Trinajstić information content (AvgIpc) is 3.36. The van der Waals surface area contributed by atoms with E-state index in [1.807, 2.05) is 27.2 Å². The summed E-state index contributed by atoms with van der Waals surface area (Å²) in [5, 5.41) is 13.9. The number of phosphoric ester groups is 1. The molecule has 0 aliphatic heterocycles. The molecular formula is C65H126N2O6P+. The number of quaternary nitrogens is 1. The van der Waals surface area contributed by atoms with Gasteiger partial charge in [0.05, 0.1) is 39.9 Å². The van der Waals surface area contributed by atoms with Gasteiger partial charge in [-0.2, -0.15) is 0 Å². The first-order valence-corrected chi connectivity index (χ1v) is 33.5. The molecular weight excluding hydrogens is 936 g/mol. The van der Waals surface area contributed by atoms with Crippen molar-refractivity contribution in [3.05, 3.63) is 48.6 Å². The highest BCUT2D eigenvalue weighted by atomic mass is 31.2. The van der Waals surface area contributed by atoms with Gasteiger partial charge >= 0.3 is 7.82 Å². The molecule has 3 N–H and O–H groups in total.